The zero-order valence-corrected chi connectivity index (χ0v) is 7.33. The first kappa shape index (κ1) is 12.0. The number of carbonyl (C=O) groups is 1. The molecule has 2 N–H and O–H groups in total. The van der Waals surface area contributed by atoms with Crippen LogP contribution in [0.5, 0.6) is 0 Å². The first-order chi connectivity index (χ1) is 3.77. The minimum atomic E-state index is -1.29. The van der Waals surface area contributed by atoms with Gasteiger partial charge in [0.2, 0.25) is 0 Å². The fourth-order valence-electron chi connectivity index (χ4n) is 0.224. The maximum atomic E-state index is 9.57. The standard InChI is InChI=1S/C4H8O4.Na.H/c5-2-1-3-8-4(6)7;;/h5H,1-3H2,(H,6,7);;/q;+1;-1. The molecule has 0 radical (unpaired) electrons. The SMILES string of the molecule is O=C(O)OCCCO.[H-].[Na+]. The molecule has 4 nitrogen and oxygen atoms in total. The fraction of sp³-hybridized carbons (Fsp3) is 0.750. The molecule has 0 aliphatic rings. The van der Waals surface area contributed by atoms with Crippen molar-refractivity contribution in [2.24, 2.45) is 0 Å². The Hall–Kier alpha value is 0.230. The molecule has 0 aliphatic heterocycles. The summed E-state index contributed by atoms with van der Waals surface area (Å²) >= 11 is 0. The van der Waals surface area contributed by atoms with E-state index in [0.717, 1.165) is 0 Å². The number of rotatable bonds is 3. The van der Waals surface area contributed by atoms with Crippen molar-refractivity contribution in [3.63, 3.8) is 0 Å². The molecule has 9 heavy (non-hydrogen) atoms. The van der Waals surface area contributed by atoms with Gasteiger partial charge in [0, 0.05) is 13.0 Å². The fourth-order valence-corrected chi connectivity index (χ4v) is 0.224. The number of carboxylic acid groups (broad SMARTS) is 1. The Morgan fingerprint density at radius 1 is 1.67 bits per heavy atom. The third-order valence-electron chi connectivity index (χ3n) is 0.528. The summed E-state index contributed by atoms with van der Waals surface area (Å²) < 4.78 is 4.04. The Balaban J connectivity index is -0.000000245. The van der Waals surface area contributed by atoms with Crippen LogP contribution in [0.2, 0.25) is 0 Å². The summed E-state index contributed by atoms with van der Waals surface area (Å²) in [6.45, 7) is 0.0408. The maximum Gasteiger partial charge on any atom is 1.00 e. The van der Waals surface area contributed by atoms with E-state index in [1.165, 1.54) is 0 Å². The van der Waals surface area contributed by atoms with E-state index in [9.17, 15) is 4.79 Å². The molecule has 0 amide bonds. The third kappa shape index (κ3) is 11.7. The van der Waals surface area contributed by atoms with Crippen LogP contribution in [0.25, 0.3) is 0 Å². The number of ether oxygens (including phenoxy) is 1. The summed E-state index contributed by atoms with van der Waals surface area (Å²) in [7, 11) is 0. The van der Waals surface area contributed by atoms with E-state index in [1.54, 1.807) is 0 Å². The zero-order chi connectivity index (χ0) is 6.41. The molecular formula is C4H9NaO4. The number of aliphatic hydroxyl groups is 1. The summed E-state index contributed by atoms with van der Waals surface area (Å²) in [5, 5.41) is 15.9. The van der Waals surface area contributed by atoms with Crippen LogP contribution in [0.1, 0.15) is 7.85 Å². The van der Waals surface area contributed by atoms with Crippen LogP contribution < -0.4 is 29.6 Å². The molecule has 0 aromatic rings. The molecule has 0 unspecified atom stereocenters. The second-order valence-electron chi connectivity index (χ2n) is 1.19. The van der Waals surface area contributed by atoms with E-state index in [1.807, 2.05) is 0 Å². The summed E-state index contributed by atoms with van der Waals surface area (Å²) in [5.74, 6) is 0. The molecule has 0 fully saturated rings. The van der Waals surface area contributed by atoms with Crippen LogP contribution in [0.15, 0.2) is 0 Å². The number of hydrogen-bond acceptors (Lipinski definition) is 3. The van der Waals surface area contributed by atoms with E-state index < -0.39 is 6.16 Å². The molecule has 0 aliphatic carbocycles. The summed E-state index contributed by atoms with van der Waals surface area (Å²) in [6.07, 6.45) is -0.926. The first-order valence-electron chi connectivity index (χ1n) is 2.24. The van der Waals surface area contributed by atoms with Crippen molar-refractivity contribution in [1.29, 1.82) is 0 Å². The summed E-state index contributed by atoms with van der Waals surface area (Å²) in [5.41, 5.74) is 0. The van der Waals surface area contributed by atoms with Crippen LogP contribution in [-0.4, -0.2) is 29.6 Å². The molecule has 0 bridgehead atoms. The Morgan fingerprint density at radius 3 is 2.56 bits per heavy atom. The Morgan fingerprint density at radius 2 is 2.22 bits per heavy atom. The van der Waals surface area contributed by atoms with Crippen molar-refractivity contribution < 1.29 is 50.7 Å². The summed E-state index contributed by atoms with van der Waals surface area (Å²) in [4.78, 5) is 9.57. The van der Waals surface area contributed by atoms with Gasteiger partial charge < -0.3 is 16.4 Å². The second kappa shape index (κ2) is 8.23. The number of aliphatic hydroxyl groups excluding tert-OH is 1. The van der Waals surface area contributed by atoms with Gasteiger partial charge in [-0.05, 0) is 0 Å². The van der Waals surface area contributed by atoms with Crippen LogP contribution in [0, 0.1) is 0 Å². The smallest absolute Gasteiger partial charge is 1.00 e. The van der Waals surface area contributed by atoms with Crippen LogP contribution >= 0.6 is 0 Å². The topological polar surface area (TPSA) is 66.8 Å². The minimum absolute atomic E-state index is 0. The van der Waals surface area contributed by atoms with E-state index in [-0.39, 0.29) is 44.2 Å². The van der Waals surface area contributed by atoms with Gasteiger partial charge in [0.1, 0.15) is 0 Å². The molecule has 5 heteroatoms. The quantitative estimate of drug-likeness (QED) is 0.255. The van der Waals surface area contributed by atoms with Crippen LogP contribution in [0.4, 0.5) is 4.79 Å². The Bertz CT molecular complexity index is 79.7. The maximum absolute atomic E-state index is 9.57. The van der Waals surface area contributed by atoms with Gasteiger partial charge in [-0.25, -0.2) is 4.79 Å². The predicted octanol–water partition coefficient (Wildman–Crippen LogP) is -2.82. The van der Waals surface area contributed by atoms with Gasteiger partial charge in [0.05, 0.1) is 6.61 Å². The molecule has 0 saturated carbocycles. The van der Waals surface area contributed by atoms with Gasteiger partial charge in [-0.2, -0.15) is 0 Å². The van der Waals surface area contributed by atoms with Crippen molar-refractivity contribution in [3.8, 4) is 0 Å². The third-order valence-corrected chi connectivity index (χ3v) is 0.528. The van der Waals surface area contributed by atoms with Gasteiger partial charge in [-0.3, -0.25) is 0 Å². The Kier molecular flexibility index (Phi) is 10.9. The van der Waals surface area contributed by atoms with E-state index in [0.29, 0.717) is 6.42 Å². The van der Waals surface area contributed by atoms with Crippen LogP contribution in [0.3, 0.4) is 0 Å². The van der Waals surface area contributed by atoms with Gasteiger partial charge in [-0.1, -0.05) is 0 Å². The monoisotopic (exact) mass is 144 g/mol. The Labute approximate surface area is 76.6 Å². The molecule has 0 heterocycles. The van der Waals surface area contributed by atoms with Crippen molar-refractivity contribution >= 4 is 6.16 Å². The summed E-state index contributed by atoms with van der Waals surface area (Å²) in [6, 6.07) is 0. The van der Waals surface area contributed by atoms with E-state index in [4.69, 9.17) is 10.2 Å². The molecule has 0 aromatic heterocycles. The normalized spacial score (nSPS) is 7.67. The van der Waals surface area contributed by atoms with E-state index >= 15 is 0 Å². The molecule has 0 rings (SSSR count). The average molecular weight is 144 g/mol. The molecule has 0 aromatic carbocycles. The van der Waals surface area contributed by atoms with Crippen molar-refractivity contribution in [2.45, 2.75) is 6.42 Å². The number of hydrogen-bond donors (Lipinski definition) is 2. The van der Waals surface area contributed by atoms with Gasteiger partial charge in [0.15, 0.2) is 0 Å². The largest absolute Gasteiger partial charge is 1.00 e. The van der Waals surface area contributed by atoms with E-state index in [2.05, 4.69) is 4.74 Å². The van der Waals surface area contributed by atoms with Gasteiger partial charge in [0.25, 0.3) is 0 Å². The van der Waals surface area contributed by atoms with Gasteiger partial charge in [-0.15, -0.1) is 0 Å². The molecule has 50 valence electrons. The van der Waals surface area contributed by atoms with Crippen LogP contribution in [-0.2, 0) is 4.74 Å². The second-order valence-corrected chi connectivity index (χ2v) is 1.19. The first-order valence-corrected chi connectivity index (χ1v) is 2.24. The molecule has 0 atom stereocenters. The van der Waals surface area contributed by atoms with Crippen molar-refractivity contribution in [3.05, 3.63) is 0 Å². The molecule has 0 saturated heterocycles. The predicted molar refractivity (Wildman–Crippen MR) is 26.8 cm³/mol. The average Bonchev–Trinajstić information content (AvgIpc) is 1.66. The molecule has 0 spiro atoms. The zero-order valence-electron chi connectivity index (χ0n) is 6.33. The van der Waals surface area contributed by atoms with Crippen molar-refractivity contribution in [2.75, 3.05) is 13.2 Å². The van der Waals surface area contributed by atoms with Gasteiger partial charge >= 0.3 is 35.7 Å². The minimum Gasteiger partial charge on any atom is -1.00 e. The van der Waals surface area contributed by atoms with Crippen molar-refractivity contribution in [1.82, 2.24) is 0 Å². The molecular weight excluding hydrogens is 135 g/mol.